The van der Waals surface area contributed by atoms with Crippen molar-refractivity contribution >= 4 is 35.1 Å². The first kappa shape index (κ1) is 20.8. The van der Waals surface area contributed by atoms with Gasteiger partial charge in [-0.05, 0) is 23.1 Å². The van der Waals surface area contributed by atoms with E-state index < -0.39 is 11.8 Å². The van der Waals surface area contributed by atoms with E-state index in [0.717, 1.165) is 5.56 Å². The number of benzene rings is 2. The number of hydrazone groups is 1. The Kier molecular flexibility index (Phi) is 8.92. The van der Waals surface area contributed by atoms with Crippen molar-refractivity contribution in [1.29, 1.82) is 0 Å². The van der Waals surface area contributed by atoms with Gasteiger partial charge in [-0.2, -0.15) is 5.10 Å². The average molecular weight is 373 g/mol. The normalized spacial score (nSPS) is 12.2. The van der Waals surface area contributed by atoms with Gasteiger partial charge in [0.1, 0.15) is 5.82 Å². The van der Waals surface area contributed by atoms with Crippen LogP contribution in [0.2, 0.25) is 0 Å². The van der Waals surface area contributed by atoms with E-state index in [2.05, 4.69) is 35.4 Å². The van der Waals surface area contributed by atoms with Crippen molar-refractivity contribution in [2.45, 2.75) is 12.8 Å². The zero-order valence-corrected chi connectivity index (χ0v) is 17.6. The summed E-state index contributed by atoms with van der Waals surface area (Å²) in [5.74, 6) is -1.39. The Morgan fingerprint density at radius 2 is 1.91 bits per heavy atom. The Labute approximate surface area is 188 Å². The molecule has 0 spiro atoms. The Balaban J connectivity index is 0.00000264. The van der Waals surface area contributed by atoms with E-state index in [9.17, 15) is 9.50 Å². The molecule has 1 atom stereocenters. The number of nitrogens with one attached hydrogen (secondary N) is 1. The number of hydrogen-bond donors (Lipinski definition) is 2. The first-order valence-electron chi connectivity index (χ1n) is 6.57. The van der Waals surface area contributed by atoms with E-state index in [0.29, 0.717) is 11.1 Å². The molecule has 0 amide bonds. The van der Waals surface area contributed by atoms with Crippen molar-refractivity contribution < 1.29 is 60.9 Å². The van der Waals surface area contributed by atoms with Crippen molar-refractivity contribution in [2.24, 2.45) is 5.10 Å². The standard InChI is InChI=1S/C16H15FN2OS2.K/c1-10(15(20)18-19-16(21)22)12-7-8-13(14(17)9-12)11-5-3-2-4-6-11;/h2-10H,1H3,(H,18,20)(H2,19,21,22);/q;+1/p-1. The Bertz CT molecular complexity index is 710. The molecule has 7 heteroatoms. The molecule has 0 aromatic heterocycles. The van der Waals surface area contributed by atoms with Crippen LogP contribution in [0.4, 0.5) is 4.39 Å². The third-order valence-electron chi connectivity index (χ3n) is 3.21. The summed E-state index contributed by atoms with van der Waals surface area (Å²) in [7, 11) is 0. The van der Waals surface area contributed by atoms with Crippen molar-refractivity contribution in [3.8, 4) is 11.1 Å². The number of nitrogens with zero attached hydrogens (tertiary/aromatic N) is 1. The summed E-state index contributed by atoms with van der Waals surface area (Å²) < 4.78 is 14.4. The van der Waals surface area contributed by atoms with Gasteiger partial charge in [-0.3, -0.25) is 5.43 Å². The minimum absolute atomic E-state index is 0. The third kappa shape index (κ3) is 5.93. The average Bonchev–Trinajstić information content (AvgIpc) is 2.52. The number of hydrogen-bond acceptors (Lipinski definition) is 3. The molecule has 0 aliphatic heterocycles. The summed E-state index contributed by atoms with van der Waals surface area (Å²) >= 11 is 8.47. The van der Waals surface area contributed by atoms with E-state index in [4.69, 9.17) is 0 Å². The van der Waals surface area contributed by atoms with Gasteiger partial charge in [-0.1, -0.05) is 61.6 Å². The minimum Gasteiger partial charge on any atom is -0.860 e. The molecule has 0 bridgehead atoms. The zero-order valence-electron chi connectivity index (χ0n) is 12.8. The first-order valence-corrected chi connectivity index (χ1v) is 7.43. The molecule has 0 saturated heterocycles. The fraction of sp³-hybridized carbons (Fsp3) is 0.125. The molecular formula is C16H14FKN2OS2. The monoisotopic (exact) mass is 372 g/mol. The molecule has 2 aromatic rings. The molecule has 0 aliphatic rings. The van der Waals surface area contributed by atoms with Crippen molar-refractivity contribution in [3.63, 3.8) is 0 Å². The van der Waals surface area contributed by atoms with E-state index in [1.807, 2.05) is 30.3 Å². The number of thiol groups is 1. The van der Waals surface area contributed by atoms with E-state index in [1.54, 1.807) is 19.1 Å². The van der Waals surface area contributed by atoms with Gasteiger partial charge in [0, 0.05) is 11.5 Å². The van der Waals surface area contributed by atoms with Gasteiger partial charge < -0.3 is 5.11 Å². The van der Waals surface area contributed by atoms with Crippen LogP contribution in [0.25, 0.3) is 11.1 Å². The minimum atomic E-state index is -0.575. The number of halogens is 1. The van der Waals surface area contributed by atoms with E-state index in [1.165, 1.54) is 6.07 Å². The molecule has 2 aromatic carbocycles. The predicted octanol–water partition coefficient (Wildman–Crippen LogP) is 0.0783. The molecular weight excluding hydrogens is 358 g/mol. The van der Waals surface area contributed by atoms with Crippen molar-refractivity contribution in [2.75, 3.05) is 0 Å². The van der Waals surface area contributed by atoms with Crippen LogP contribution in [0.15, 0.2) is 53.6 Å². The van der Waals surface area contributed by atoms with Crippen LogP contribution in [-0.4, -0.2) is 10.2 Å². The molecule has 1 unspecified atom stereocenters. The molecule has 0 saturated carbocycles. The fourth-order valence-corrected chi connectivity index (χ4v) is 2.09. The molecule has 1 N–H and O–H groups in total. The smallest absolute Gasteiger partial charge is 0.860 e. The fourth-order valence-electron chi connectivity index (χ4n) is 1.99. The maximum Gasteiger partial charge on any atom is 1.00 e. The zero-order chi connectivity index (χ0) is 16.1. The molecule has 0 fully saturated rings. The maximum atomic E-state index is 14.3. The maximum absolute atomic E-state index is 14.3. The van der Waals surface area contributed by atoms with Crippen molar-refractivity contribution in [3.05, 3.63) is 59.9 Å². The summed E-state index contributed by atoms with van der Waals surface area (Å²) in [5, 5.41) is 15.5. The molecule has 23 heavy (non-hydrogen) atoms. The predicted molar refractivity (Wildman–Crippen MR) is 92.4 cm³/mol. The van der Waals surface area contributed by atoms with Crippen molar-refractivity contribution in [1.82, 2.24) is 5.43 Å². The summed E-state index contributed by atoms with van der Waals surface area (Å²) in [4.78, 5) is 0. The van der Waals surface area contributed by atoms with Crippen LogP contribution in [0.5, 0.6) is 0 Å². The molecule has 114 valence electrons. The molecule has 2 rings (SSSR count). The van der Waals surface area contributed by atoms with Gasteiger partial charge in [-0.15, -0.1) is 12.6 Å². The summed E-state index contributed by atoms with van der Waals surface area (Å²) in [6.45, 7) is 1.66. The molecule has 0 radical (unpaired) electrons. The summed E-state index contributed by atoms with van der Waals surface area (Å²) in [6.07, 6.45) is 0. The van der Waals surface area contributed by atoms with Gasteiger partial charge in [0.05, 0.1) is 0 Å². The topological polar surface area (TPSA) is 47.5 Å². The van der Waals surface area contributed by atoms with Gasteiger partial charge in [0.25, 0.3) is 0 Å². The van der Waals surface area contributed by atoms with Crippen LogP contribution in [0.3, 0.4) is 0 Å². The Morgan fingerprint density at radius 3 is 2.48 bits per heavy atom. The second kappa shape index (κ2) is 9.88. The van der Waals surface area contributed by atoms with Crippen LogP contribution >= 0.6 is 24.8 Å². The summed E-state index contributed by atoms with van der Waals surface area (Å²) in [6, 6.07) is 14.0. The second-order valence-corrected chi connectivity index (χ2v) is 5.85. The second-order valence-electron chi connectivity index (χ2n) is 4.69. The first-order chi connectivity index (χ1) is 10.5. The largest absolute Gasteiger partial charge is 1.00 e. The molecule has 0 heterocycles. The van der Waals surface area contributed by atoms with Crippen LogP contribution in [0.1, 0.15) is 18.4 Å². The van der Waals surface area contributed by atoms with E-state index >= 15 is 0 Å². The van der Waals surface area contributed by atoms with Gasteiger partial charge in [0.15, 0.2) is 4.32 Å². The van der Waals surface area contributed by atoms with Crippen LogP contribution in [0, 0.1) is 5.82 Å². The van der Waals surface area contributed by atoms with Crippen LogP contribution < -0.4 is 61.9 Å². The Morgan fingerprint density at radius 1 is 1.26 bits per heavy atom. The molecule has 0 aliphatic carbocycles. The number of thiocarbonyl (C=S) groups is 1. The third-order valence-corrected chi connectivity index (χ3v) is 3.40. The van der Waals surface area contributed by atoms with Gasteiger partial charge in [-0.25, -0.2) is 4.39 Å². The molecule has 3 nitrogen and oxygen atoms in total. The Hall–Kier alpha value is -0.284. The van der Waals surface area contributed by atoms with Gasteiger partial charge >= 0.3 is 51.4 Å². The SMILES string of the molecule is CC(/C([O-])=N/NC(=S)S)c1ccc(-c2ccccc2)c(F)c1.[K+]. The van der Waals surface area contributed by atoms with Crippen LogP contribution in [-0.2, 0) is 0 Å². The van der Waals surface area contributed by atoms with Gasteiger partial charge in [0.2, 0.25) is 0 Å². The quantitative estimate of drug-likeness (QED) is 0.200. The number of rotatable bonds is 4. The summed E-state index contributed by atoms with van der Waals surface area (Å²) in [5.41, 5.74) is 4.16. The van der Waals surface area contributed by atoms with E-state index in [-0.39, 0.29) is 61.5 Å².